The zero-order valence-electron chi connectivity index (χ0n) is 15.6. The van der Waals surface area contributed by atoms with Crippen LogP contribution >= 0.6 is 24.0 Å². The summed E-state index contributed by atoms with van der Waals surface area (Å²) < 4.78 is 11.2. The molecule has 0 aliphatic carbocycles. The van der Waals surface area contributed by atoms with Crippen molar-refractivity contribution in [1.29, 1.82) is 0 Å². The normalized spacial score (nSPS) is 12.9. The molecular weight excluding hydrogens is 457 g/mol. The van der Waals surface area contributed by atoms with Crippen molar-refractivity contribution in [2.24, 2.45) is 4.99 Å². The van der Waals surface area contributed by atoms with Crippen LogP contribution in [0.15, 0.2) is 47.5 Å². The first-order chi connectivity index (χ1) is 12.7. The minimum absolute atomic E-state index is 0. The molecule has 1 aliphatic heterocycles. The van der Waals surface area contributed by atoms with Crippen molar-refractivity contribution in [1.82, 2.24) is 10.2 Å². The van der Waals surface area contributed by atoms with Crippen molar-refractivity contribution in [3.8, 4) is 17.2 Å². The molecule has 0 aromatic heterocycles. The highest BCUT2D eigenvalue weighted by Crippen LogP contribution is 2.31. The molecule has 6 nitrogen and oxygen atoms in total. The van der Waals surface area contributed by atoms with E-state index in [9.17, 15) is 5.11 Å². The molecule has 0 saturated heterocycles. The lowest BCUT2D eigenvalue weighted by atomic mass is 10.2. The van der Waals surface area contributed by atoms with Crippen LogP contribution in [0, 0.1) is 0 Å². The summed E-state index contributed by atoms with van der Waals surface area (Å²) in [6.07, 6.45) is 0. The van der Waals surface area contributed by atoms with E-state index in [-0.39, 0.29) is 29.7 Å². The highest BCUT2D eigenvalue weighted by Gasteiger charge is 2.13. The smallest absolute Gasteiger partial charge is 0.194 e. The van der Waals surface area contributed by atoms with E-state index >= 15 is 0 Å². The van der Waals surface area contributed by atoms with Gasteiger partial charge in [-0.2, -0.15) is 0 Å². The minimum atomic E-state index is 0. The molecule has 0 amide bonds. The van der Waals surface area contributed by atoms with Crippen molar-refractivity contribution < 1.29 is 14.6 Å². The third-order valence-electron chi connectivity index (χ3n) is 4.04. The van der Waals surface area contributed by atoms with Gasteiger partial charge in [-0.15, -0.1) is 24.0 Å². The molecule has 0 bridgehead atoms. The Labute approximate surface area is 177 Å². The van der Waals surface area contributed by atoms with E-state index in [0.717, 1.165) is 35.1 Å². The molecule has 0 radical (unpaired) electrons. The van der Waals surface area contributed by atoms with Crippen molar-refractivity contribution in [3.05, 3.63) is 53.6 Å². The number of guanidine groups is 1. The van der Waals surface area contributed by atoms with E-state index in [1.807, 2.05) is 44.3 Å². The first kappa shape index (κ1) is 21.1. The van der Waals surface area contributed by atoms with Crippen molar-refractivity contribution in [2.75, 3.05) is 26.8 Å². The van der Waals surface area contributed by atoms with Gasteiger partial charge in [-0.3, -0.25) is 0 Å². The first-order valence-corrected chi connectivity index (χ1v) is 8.81. The van der Waals surface area contributed by atoms with Crippen LogP contribution in [0.3, 0.4) is 0 Å². The molecule has 2 aromatic carbocycles. The molecule has 2 N–H and O–H groups in total. The van der Waals surface area contributed by atoms with Crippen LogP contribution in [-0.4, -0.2) is 42.8 Å². The number of hydrogen-bond donors (Lipinski definition) is 2. The highest BCUT2D eigenvalue weighted by atomic mass is 127. The maximum Gasteiger partial charge on any atom is 0.194 e. The Morgan fingerprint density at radius 1 is 1.11 bits per heavy atom. The van der Waals surface area contributed by atoms with Gasteiger partial charge >= 0.3 is 0 Å². The van der Waals surface area contributed by atoms with Crippen LogP contribution < -0.4 is 14.8 Å². The quantitative estimate of drug-likeness (QED) is 0.388. The Bertz CT molecular complexity index is 783. The molecule has 0 atom stereocenters. The molecule has 7 heteroatoms. The summed E-state index contributed by atoms with van der Waals surface area (Å²) in [6.45, 7) is 5.20. The van der Waals surface area contributed by atoms with E-state index in [1.54, 1.807) is 12.1 Å². The number of halogens is 1. The number of ether oxygens (including phenoxy) is 2. The fourth-order valence-corrected chi connectivity index (χ4v) is 2.83. The van der Waals surface area contributed by atoms with Gasteiger partial charge in [0.25, 0.3) is 0 Å². The zero-order valence-corrected chi connectivity index (χ0v) is 18.0. The van der Waals surface area contributed by atoms with Crippen LogP contribution in [0.2, 0.25) is 0 Å². The second kappa shape index (κ2) is 10.2. The van der Waals surface area contributed by atoms with Gasteiger partial charge in [-0.1, -0.05) is 18.2 Å². The number of hydrogen-bond acceptors (Lipinski definition) is 4. The summed E-state index contributed by atoms with van der Waals surface area (Å²) in [4.78, 5) is 6.74. The van der Waals surface area contributed by atoms with Gasteiger partial charge < -0.3 is 24.8 Å². The van der Waals surface area contributed by atoms with Crippen LogP contribution in [0.25, 0.3) is 0 Å². The van der Waals surface area contributed by atoms with E-state index in [0.29, 0.717) is 26.3 Å². The molecular formula is C20H26IN3O3. The van der Waals surface area contributed by atoms with Gasteiger partial charge in [0.2, 0.25) is 0 Å². The molecule has 0 fully saturated rings. The molecule has 146 valence electrons. The van der Waals surface area contributed by atoms with Crippen molar-refractivity contribution >= 4 is 29.9 Å². The van der Waals surface area contributed by atoms with Crippen molar-refractivity contribution in [3.63, 3.8) is 0 Å². The second-order valence-electron chi connectivity index (χ2n) is 6.17. The Balaban J connectivity index is 0.00000261. The number of fused-ring (bicyclic) bond motifs is 1. The largest absolute Gasteiger partial charge is 0.508 e. The average Bonchev–Trinajstić information content (AvgIpc) is 2.65. The lowest BCUT2D eigenvalue weighted by molar-refractivity contribution is 0.171. The molecule has 1 aliphatic rings. The number of aromatic hydroxyl groups is 1. The van der Waals surface area contributed by atoms with Crippen LogP contribution in [-0.2, 0) is 13.1 Å². The highest BCUT2D eigenvalue weighted by molar-refractivity contribution is 14.0. The summed E-state index contributed by atoms with van der Waals surface area (Å²) in [5.41, 5.74) is 2.09. The lowest BCUT2D eigenvalue weighted by Gasteiger charge is -2.24. The number of rotatable bonds is 5. The Morgan fingerprint density at radius 2 is 1.89 bits per heavy atom. The SMILES string of the molecule is CCNC(=NCc1cccc(O)c1)N(C)Cc1ccc2c(c1)OCCO2.I. The summed E-state index contributed by atoms with van der Waals surface area (Å²) >= 11 is 0. The van der Waals surface area contributed by atoms with Crippen LogP contribution in [0.4, 0.5) is 0 Å². The standard InChI is InChI=1S/C20H25N3O3.HI/c1-3-21-20(22-13-15-5-4-6-17(24)11-15)23(2)14-16-7-8-18-19(12-16)26-10-9-25-18;/h4-8,11-12,24H,3,9-10,13-14H2,1-2H3,(H,21,22);1H. The third kappa shape index (κ3) is 5.92. The summed E-state index contributed by atoms with van der Waals surface area (Å²) in [6, 6.07) is 13.2. The van der Waals surface area contributed by atoms with Crippen LogP contribution in [0.5, 0.6) is 17.2 Å². The van der Waals surface area contributed by atoms with Crippen LogP contribution in [0.1, 0.15) is 18.1 Å². The predicted molar refractivity (Wildman–Crippen MR) is 117 cm³/mol. The van der Waals surface area contributed by atoms with Gasteiger partial charge in [-0.25, -0.2) is 4.99 Å². The molecule has 3 rings (SSSR count). The maximum absolute atomic E-state index is 9.59. The third-order valence-corrected chi connectivity index (χ3v) is 4.04. The first-order valence-electron chi connectivity index (χ1n) is 8.81. The summed E-state index contributed by atoms with van der Waals surface area (Å²) in [5.74, 6) is 2.66. The molecule has 0 saturated carbocycles. The molecule has 0 spiro atoms. The topological polar surface area (TPSA) is 66.3 Å². The predicted octanol–water partition coefficient (Wildman–Crippen LogP) is 3.38. The minimum Gasteiger partial charge on any atom is -0.508 e. The number of phenols is 1. The van der Waals surface area contributed by atoms with Gasteiger partial charge in [0.1, 0.15) is 19.0 Å². The van der Waals surface area contributed by atoms with Crippen molar-refractivity contribution in [2.45, 2.75) is 20.0 Å². The Morgan fingerprint density at radius 3 is 2.63 bits per heavy atom. The monoisotopic (exact) mass is 483 g/mol. The lowest BCUT2D eigenvalue weighted by Crippen LogP contribution is -2.38. The number of nitrogens with zero attached hydrogens (tertiary/aromatic N) is 2. The van der Waals surface area contributed by atoms with E-state index in [2.05, 4.69) is 15.2 Å². The van der Waals surface area contributed by atoms with E-state index < -0.39 is 0 Å². The number of aliphatic imine (C=N–C) groups is 1. The number of nitrogens with one attached hydrogen (secondary N) is 1. The molecule has 1 heterocycles. The van der Waals surface area contributed by atoms with Gasteiger partial charge in [0.05, 0.1) is 6.54 Å². The average molecular weight is 483 g/mol. The second-order valence-corrected chi connectivity index (χ2v) is 6.17. The number of benzene rings is 2. The Hall–Kier alpha value is -2.16. The summed E-state index contributed by atoms with van der Waals surface area (Å²) in [7, 11) is 2.00. The molecule has 0 unspecified atom stereocenters. The summed E-state index contributed by atoms with van der Waals surface area (Å²) in [5, 5.41) is 12.9. The van der Waals surface area contributed by atoms with Gasteiger partial charge in [-0.05, 0) is 42.3 Å². The Kier molecular flexibility index (Phi) is 8.02. The fourth-order valence-electron chi connectivity index (χ4n) is 2.83. The van der Waals surface area contributed by atoms with Gasteiger partial charge in [0.15, 0.2) is 17.5 Å². The zero-order chi connectivity index (χ0) is 18.4. The van der Waals surface area contributed by atoms with E-state index in [4.69, 9.17) is 9.47 Å². The fraction of sp³-hybridized carbons (Fsp3) is 0.350. The number of phenolic OH excluding ortho intramolecular Hbond substituents is 1. The molecule has 2 aromatic rings. The molecule has 27 heavy (non-hydrogen) atoms. The maximum atomic E-state index is 9.59. The van der Waals surface area contributed by atoms with E-state index in [1.165, 1.54) is 0 Å². The van der Waals surface area contributed by atoms with Gasteiger partial charge in [0, 0.05) is 20.1 Å².